The fourth-order valence-corrected chi connectivity index (χ4v) is 2.47. The molecule has 4 N–H and O–H groups in total. The average molecular weight is 362 g/mol. The lowest BCUT2D eigenvalue weighted by molar-refractivity contribution is -0.125. The second kappa shape index (κ2) is 9.30. The number of benzene rings is 1. The summed E-state index contributed by atoms with van der Waals surface area (Å²) < 4.78 is 5.25. The van der Waals surface area contributed by atoms with Gasteiger partial charge in [0.1, 0.15) is 0 Å². The first kappa shape index (κ1) is 19.9. The van der Waals surface area contributed by atoms with Gasteiger partial charge in [-0.2, -0.15) is 0 Å². The van der Waals surface area contributed by atoms with E-state index in [1.54, 1.807) is 29.2 Å². The van der Waals surface area contributed by atoms with Crippen LogP contribution < -0.4 is 16.4 Å². The number of carbonyl (C=O) groups excluding carboxylic acids is 3. The molecule has 0 aliphatic carbocycles. The van der Waals surface area contributed by atoms with Crippen molar-refractivity contribution in [3.63, 3.8) is 0 Å². The second-order valence-corrected chi connectivity index (χ2v) is 6.52. The van der Waals surface area contributed by atoms with E-state index < -0.39 is 6.04 Å². The molecule has 0 unspecified atom stereocenters. The number of amides is 3. The van der Waals surface area contributed by atoms with Crippen LogP contribution in [-0.2, 0) is 14.3 Å². The number of nitrogens with zero attached hydrogens (tertiary/aromatic N) is 1. The van der Waals surface area contributed by atoms with E-state index in [2.05, 4.69) is 10.6 Å². The number of anilines is 1. The van der Waals surface area contributed by atoms with Crippen LogP contribution in [0.1, 0.15) is 24.2 Å². The second-order valence-electron chi connectivity index (χ2n) is 6.52. The maximum absolute atomic E-state index is 12.5. The molecule has 1 aliphatic rings. The molecule has 0 saturated carbocycles. The summed E-state index contributed by atoms with van der Waals surface area (Å²) >= 11 is 0. The molecule has 1 saturated heterocycles. The molecule has 8 heteroatoms. The maximum Gasteiger partial charge on any atom is 0.254 e. The molecule has 0 spiro atoms. The van der Waals surface area contributed by atoms with Gasteiger partial charge in [-0.15, -0.1) is 0 Å². The summed E-state index contributed by atoms with van der Waals surface area (Å²) in [5, 5.41) is 5.18. The molecule has 1 fully saturated rings. The molecule has 26 heavy (non-hydrogen) atoms. The van der Waals surface area contributed by atoms with Gasteiger partial charge in [-0.3, -0.25) is 14.4 Å². The van der Waals surface area contributed by atoms with Crippen molar-refractivity contribution < 1.29 is 19.1 Å². The van der Waals surface area contributed by atoms with Gasteiger partial charge >= 0.3 is 0 Å². The van der Waals surface area contributed by atoms with E-state index >= 15 is 0 Å². The summed E-state index contributed by atoms with van der Waals surface area (Å²) in [4.78, 5) is 38.0. The minimum Gasteiger partial charge on any atom is -0.378 e. The van der Waals surface area contributed by atoms with Gasteiger partial charge in [0, 0.05) is 24.3 Å². The first-order valence-corrected chi connectivity index (χ1v) is 8.68. The zero-order valence-corrected chi connectivity index (χ0v) is 15.2. The highest BCUT2D eigenvalue weighted by Crippen LogP contribution is 2.13. The Labute approximate surface area is 153 Å². The van der Waals surface area contributed by atoms with E-state index in [4.69, 9.17) is 10.5 Å². The fraction of sp³-hybridized carbons (Fsp3) is 0.500. The zero-order chi connectivity index (χ0) is 19.1. The lowest BCUT2D eigenvalue weighted by Crippen LogP contribution is -2.46. The normalized spacial score (nSPS) is 15.5. The molecule has 1 aromatic carbocycles. The highest BCUT2D eigenvalue weighted by molar-refractivity contribution is 5.98. The van der Waals surface area contributed by atoms with E-state index in [1.165, 1.54) is 0 Å². The van der Waals surface area contributed by atoms with Crippen LogP contribution in [-0.4, -0.2) is 61.5 Å². The SMILES string of the molecule is CC(C)[C@H](N)C(=O)NCC(=O)Nc1cccc(C(=O)N2CCOCC2)c1. The Morgan fingerprint density at radius 1 is 1.23 bits per heavy atom. The minimum absolute atomic E-state index is 0.0130. The van der Waals surface area contributed by atoms with Crippen LogP contribution in [0.15, 0.2) is 24.3 Å². The Morgan fingerprint density at radius 3 is 2.58 bits per heavy atom. The molecule has 1 aliphatic heterocycles. The van der Waals surface area contributed by atoms with Crippen molar-refractivity contribution in [2.24, 2.45) is 11.7 Å². The number of morpholine rings is 1. The van der Waals surface area contributed by atoms with Crippen LogP contribution in [0.3, 0.4) is 0 Å². The smallest absolute Gasteiger partial charge is 0.254 e. The summed E-state index contributed by atoms with van der Waals surface area (Å²) in [5.74, 6) is -0.863. The molecular formula is C18H26N4O4. The van der Waals surface area contributed by atoms with Crippen molar-refractivity contribution in [1.29, 1.82) is 0 Å². The van der Waals surface area contributed by atoms with Crippen molar-refractivity contribution >= 4 is 23.4 Å². The minimum atomic E-state index is -0.655. The van der Waals surface area contributed by atoms with Gasteiger partial charge in [0.25, 0.3) is 5.91 Å². The first-order chi connectivity index (χ1) is 12.4. The quantitative estimate of drug-likeness (QED) is 0.669. The Bertz CT molecular complexity index is 656. The lowest BCUT2D eigenvalue weighted by atomic mass is 10.1. The Balaban J connectivity index is 1.90. The van der Waals surface area contributed by atoms with Crippen LogP contribution in [0, 0.1) is 5.92 Å². The molecule has 0 bridgehead atoms. The summed E-state index contributed by atoms with van der Waals surface area (Å²) in [7, 11) is 0. The van der Waals surface area contributed by atoms with Crippen molar-refractivity contribution in [3.05, 3.63) is 29.8 Å². The monoisotopic (exact) mass is 362 g/mol. The highest BCUT2D eigenvalue weighted by Gasteiger charge is 2.19. The van der Waals surface area contributed by atoms with Gasteiger partial charge in [-0.1, -0.05) is 19.9 Å². The van der Waals surface area contributed by atoms with E-state index in [0.29, 0.717) is 37.6 Å². The van der Waals surface area contributed by atoms with Gasteiger partial charge in [-0.25, -0.2) is 0 Å². The predicted molar refractivity (Wildman–Crippen MR) is 97.6 cm³/mol. The zero-order valence-electron chi connectivity index (χ0n) is 15.2. The third-order valence-electron chi connectivity index (χ3n) is 4.14. The summed E-state index contributed by atoms with van der Waals surface area (Å²) in [5.41, 5.74) is 6.72. The number of nitrogens with one attached hydrogen (secondary N) is 2. The standard InChI is InChI=1S/C18H26N4O4/c1-12(2)16(19)17(24)20-11-15(23)21-14-5-3-4-13(10-14)18(25)22-6-8-26-9-7-22/h3-5,10,12,16H,6-9,11,19H2,1-2H3,(H,20,24)(H,21,23)/t16-/m0/s1. The van der Waals surface area contributed by atoms with Crippen molar-refractivity contribution in [2.75, 3.05) is 38.2 Å². The Hall–Kier alpha value is -2.45. The Morgan fingerprint density at radius 2 is 1.92 bits per heavy atom. The molecule has 2 rings (SSSR count). The maximum atomic E-state index is 12.5. The topological polar surface area (TPSA) is 114 Å². The highest BCUT2D eigenvalue weighted by atomic mass is 16.5. The summed E-state index contributed by atoms with van der Waals surface area (Å²) in [6.07, 6.45) is 0. The van der Waals surface area contributed by atoms with Gasteiger partial charge in [0.2, 0.25) is 11.8 Å². The molecule has 1 aromatic rings. The number of ether oxygens (including phenoxy) is 1. The predicted octanol–water partition coefficient (Wildman–Crippen LogP) is 0.197. The molecular weight excluding hydrogens is 336 g/mol. The molecule has 1 heterocycles. The van der Waals surface area contributed by atoms with Crippen molar-refractivity contribution in [1.82, 2.24) is 10.2 Å². The summed E-state index contributed by atoms with van der Waals surface area (Å²) in [6.45, 7) is 5.65. The number of rotatable bonds is 6. The number of nitrogens with two attached hydrogens (primary N) is 1. The van der Waals surface area contributed by atoms with Crippen molar-refractivity contribution in [2.45, 2.75) is 19.9 Å². The lowest BCUT2D eigenvalue weighted by Gasteiger charge is -2.27. The van der Waals surface area contributed by atoms with Gasteiger partial charge in [0.05, 0.1) is 25.8 Å². The van der Waals surface area contributed by atoms with E-state index in [9.17, 15) is 14.4 Å². The number of hydrogen-bond donors (Lipinski definition) is 3. The third kappa shape index (κ3) is 5.53. The number of carbonyl (C=O) groups is 3. The van der Waals surface area contributed by atoms with Gasteiger partial charge in [-0.05, 0) is 24.1 Å². The summed E-state index contributed by atoms with van der Waals surface area (Å²) in [6, 6.07) is 6.07. The van der Waals surface area contributed by atoms with Gasteiger partial charge < -0.3 is 26.0 Å². The van der Waals surface area contributed by atoms with Crippen LogP contribution in [0.25, 0.3) is 0 Å². The molecule has 3 amide bonds. The van der Waals surface area contributed by atoms with Crippen LogP contribution in [0.4, 0.5) is 5.69 Å². The van der Waals surface area contributed by atoms with E-state index in [-0.39, 0.29) is 30.2 Å². The third-order valence-corrected chi connectivity index (χ3v) is 4.14. The fourth-order valence-electron chi connectivity index (χ4n) is 2.47. The van der Waals surface area contributed by atoms with E-state index in [0.717, 1.165) is 0 Å². The molecule has 1 atom stereocenters. The number of hydrogen-bond acceptors (Lipinski definition) is 5. The first-order valence-electron chi connectivity index (χ1n) is 8.68. The molecule has 0 radical (unpaired) electrons. The van der Waals surface area contributed by atoms with Gasteiger partial charge in [0.15, 0.2) is 0 Å². The largest absolute Gasteiger partial charge is 0.378 e. The van der Waals surface area contributed by atoms with E-state index in [1.807, 2.05) is 13.8 Å². The molecule has 142 valence electrons. The Kier molecular flexibility index (Phi) is 7.11. The van der Waals surface area contributed by atoms with Crippen LogP contribution >= 0.6 is 0 Å². The van der Waals surface area contributed by atoms with Crippen LogP contribution in [0.2, 0.25) is 0 Å². The molecule has 0 aromatic heterocycles. The molecule has 8 nitrogen and oxygen atoms in total. The van der Waals surface area contributed by atoms with Crippen LogP contribution in [0.5, 0.6) is 0 Å². The average Bonchev–Trinajstić information content (AvgIpc) is 2.65. The van der Waals surface area contributed by atoms with Crippen molar-refractivity contribution in [3.8, 4) is 0 Å².